The highest BCUT2D eigenvalue weighted by atomic mass is 16.5. The molecule has 1 aliphatic rings. The van der Waals surface area contributed by atoms with Gasteiger partial charge in [0.05, 0.1) is 29.4 Å². The third-order valence-corrected chi connectivity index (χ3v) is 6.41. The first kappa shape index (κ1) is 21.1. The highest BCUT2D eigenvalue weighted by molar-refractivity contribution is 6.13. The Hall–Kier alpha value is -4.41. The molecule has 0 amide bonds. The van der Waals surface area contributed by atoms with Crippen molar-refractivity contribution < 1.29 is 19.2 Å². The fraction of sp³-hybridized carbons (Fsp3) is 0.292. The molecule has 0 bridgehead atoms. The van der Waals surface area contributed by atoms with Crippen LogP contribution < -0.4 is 10.1 Å². The Bertz CT molecular complexity index is 1620. The maximum Gasteiger partial charge on any atom is 0.374 e. The molecule has 4 heterocycles. The van der Waals surface area contributed by atoms with Gasteiger partial charge in [-0.2, -0.15) is 5.10 Å². The molecule has 1 fully saturated rings. The van der Waals surface area contributed by atoms with Crippen LogP contribution in [0.5, 0.6) is 5.75 Å². The van der Waals surface area contributed by atoms with E-state index in [0.29, 0.717) is 34.3 Å². The molecule has 1 saturated carbocycles. The molecule has 0 spiro atoms. The second-order valence-electron chi connectivity index (χ2n) is 8.82. The van der Waals surface area contributed by atoms with Gasteiger partial charge >= 0.3 is 5.97 Å². The van der Waals surface area contributed by atoms with Crippen molar-refractivity contribution in [3.05, 3.63) is 41.2 Å². The third kappa shape index (κ3) is 3.38. The van der Waals surface area contributed by atoms with Crippen molar-refractivity contribution in [2.75, 3.05) is 12.4 Å². The molecule has 1 aromatic carbocycles. The van der Waals surface area contributed by atoms with E-state index in [1.54, 1.807) is 11.8 Å². The molecule has 1 aliphatic carbocycles. The number of aromatic carboxylic acids is 1. The predicted octanol–water partition coefficient (Wildman–Crippen LogP) is 4.44. The van der Waals surface area contributed by atoms with Crippen LogP contribution in [0.15, 0.2) is 22.7 Å². The lowest BCUT2D eigenvalue weighted by atomic mass is 10.0. The fourth-order valence-corrected chi connectivity index (χ4v) is 4.55. The predicted molar refractivity (Wildman–Crippen MR) is 128 cm³/mol. The number of hydrogen-bond acceptors (Lipinski definition) is 8. The molecule has 0 unspecified atom stereocenters. The number of H-pyrrole nitrogens is 1. The van der Waals surface area contributed by atoms with Crippen molar-refractivity contribution in [2.24, 2.45) is 7.05 Å². The molecule has 11 heteroatoms. The van der Waals surface area contributed by atoms with E-state index >= 15 is 0 Å². The average molecular weight is 473 g/mol. The van der Waals surface area contributed by atoms with Gasteiger partial charge in [-0.3, -0.25) is 4.68 Å². The standard InChI is InChI=1S/C24H23N7O4/c1-10-19(11(2)35-30-10)14-7-16-13(8-17(14)34-4)20-21(25-16)27-23(24(32)33)28-22(20)26-18-9-15(12-5-6-12)29-31(18)3/h7-9,12H,5-6H2,1-4H3,(H,32,33)(H2,25,26,27,28). The first-order valence-corrected chi connectivity index (χ1v) is 11.2. The average Bonchev–Trinajstić information content (AvgIpc) is 3.42. The number of carboxylic acid groups (broad SMARTS) is 1. The van der Waals surface area contributed by atoms with Crippen molar-refractivity contribution in [3.8, 4) is 16.9 Å². The number of carboxylic acids is 1. The number of nitrogens with one attached hydrogen (secondary N) is 2. The lowest BCUT2D eigenvalue weighted by Gasteiger charge is -2.10. The van der Waals surface area contributed by atoms with Gasteiger partial charge in [-0.05, 0) is 38.8 Å². The van der Waals surface area contributed by atoms with Gasteiger partial charge in [-0.25, -0.2) is 14.8 Å². The number of anilines is 2. The zero-order valence-electron chi connectivity index (χ0n) is 19.6. The van der Waals surface area contributed by atoms with E-state index in [1.165, 1.54) is 0 Å². The monoisotopic (exact) mass is 473 g/mol. The van der Waals surface area contributed by atoms with Crippen molar-refractivity contribution in [2.45, 2.75) is 32.6 Å². The number of aromatic amines is 1. The minimum Gasteiger partial charge on any atom is -0.496 e. The van der Waals surface area contributed by atoms with E-state index in [9.17, 15) is 9.90 Å². The summed E-state index contributed by atoms with van der Waals surface area (Å²) in [6.45, 7) is 3.72. The summed E-state index contributed by atoms with van der Waals surface area (Å²) >= 11 is 0. The molecular weight excluding hydrogens is 450 g/mol. The van der Waals surface area contributed by atoms with E-state index in [0.717, 1.165) is 52.1 Å². The van der Waals surface area contributed by atoms with Crippen LogP contribution in [0.2, 0.25) is 0 Å². The van der Waals surface area contributed by atoms with Gasteiger partial charge in [-0.1, -0.05) is 5.16 Å². The molecule has 4 aromatic heterocycles. The number of rotatable bonds is 6. The third-order valence-electron chi connectivity index (χ3n) is 6.41. The lowest BCUT2D eigenvalue weighted by molar-refractivity contribution is 0.0684. The summed E-state index contributed by atoms with van der Waals surface area (Å²) < 4.78 is 12.8. The van der Waals surface area contributed by atoms with Crippen molar-refractivity contribution >= 4 is 39.5 Å². The highest BCUT2D eigenvalue weighted by Gasteiger charge is 2.27. The molecule has 35 heavy (non-hydrogen) atoms. The molecule has 0 atom stereocenters. The molecule has 0 saturated heterocycles. The Kier molecular flexibility index (Phi) is 4.56. The SMILES string of the molecule is COc1cc2c(cc1-c1c(C)noc1C)[nH]c1nc(C(=O)O)nc(Nc3cc(C4CC4)nn3C)c12. The van der Waals surface area contributed by atoms with Crippen LogP contribution in [0.4, 0.5) is 11.6 Å². The molecule has 3 N–H and O–H groups in total. The molecule has 5 aromatic rings. The molecule has 11 nitrogen and oxygen atoms in total. The normalized spacial score (nSPS) is 13.6. The number of methoxy groups -OCH3 is 1. The number of fused-ring (bicyclic) bond motifs is 3. The first-order valence-electron chi connectivity index (χ1n) is 11.2. The summed E-state index contributed by atoms with van der Waals surface area (Å²) in [6, 6.07) is 5.81. The number of nitrogens with zero attached hydrogens (tertiary/aromatic N) is 5. The maximum absolute atomic E-state index is 11.8. The number of hydrogen-bond donors (Lipinski definition) is 3. The van der Waals surface area contributed by atoms with E-state index in [-0.39, 0.29) is 5.82 Å². The quantitative estimate of drug-likeness (QED) is 0.326. The van der Waals surface area contributed by atoms with Gasteiger partial charge in [-0.15, -0.1) is 0 Å². The summed E-state index contributed by atoms with van der Waals surface area (Å²) in [4.78, 5) is 23.7. The van der Waals surface area contributed by atoms with Gasteiger partial charge in [0, 0.05) is 35.5 Å². The minimum atomic E-state index is -1.22. The van der Waals surface area contributed by atoms with Crippen LogP contribution in [-0.4, -0.2) is 48.1 Å². The van der Waals surface area contributed by atoms with E-state index in [4.69, 9.17) is 9.26 Å². The minimum absolute atomic E-state index is 0.311. The summed E-state index contributed by atoms with van der Waals surface area (Å²) in [7, 11) is 3.45. The maximum atomic E-state index is 11.8. The number of carbonyl (C=O) groups is 1. The Morgan fingerprint density at radius 2 is 2.06 bits per heavy atom. The van der Waals surface area contributed by atoms with Gasteiger partial charge < -0.3 is 24.7 Å². The van der Waals surface area contributed by atoms with Gasteiger partial charge in [0.1, 0.15) is 28.8 Å². The smallest absolute Gasteiger partial charge is 0.374 e. The fourth-order valence-electron chi connectivity index (χ4n) is 4.55. The van der Waals surface area contributed by atoms with E-state index in [1.807, 2.05) is 39.1 Å². The molecule has 178 valence electrons. The highest BCUT2D eigenvalue weighted by Crippen LogP contribution is 2.42. The van der Waals surface area contributed by atoms with Gasteiger partial charge in [0.15, 0.2) is 0 Å². The zero-order valence-corrected chi connectivity index (χ0v) is 19.6. The second kappa shape index (κ2) is 7.55. The summed E-state index contributed by atoms with van der Waals surface area (Å²) in [5.41, 5.74) is 4.57. The van der Waals surface area contributed by atoms with Crippen LogP contribution in [0, 0.1) is 13.8 Å². The number of ether oxygens (including phenoxy) is 1. The second-order valence-corrected chi connectivity index (χ2v) is 8.82. The number of benzene rings is 1. The Balaban J connectivity index is 1.58. The van der Waals surface area contributed by atoms with Crippen LogP contribution in [0.25, 0.3) is 33.1 Å². The number of aryl methyl sites for hydroxylation is 3. The van der Waals surface area contributed by atoms with Crippen LogP contribution in [0.3, 0.4) is 0 Å². The molecular formula is C24H23N7O4. The first-order chi connectivity index (χ1) is 16.8. The van der Waals surface area contributed by atoms with Crippen LogP contribution in [-0.2, 0) is 7.05 Å². The van der Waals surface area contributed by atoms with Crippen molar-refractivity contribution in [1.82, 2.24) is 29.9 Å². The summed E-state index contributed by atoms with van der Waals surface area (Å²) in [5.74, 6) is 1.34. The van der Waals surface area contributed by atoms with Crippen molar-refractivity contribution in [1.29, 1.82) is 0 Å². The molecule has 0 aliphatic heterocycles. The Labute approximate surface area is 199 Å². The number of aromatic nitrogens is 6. The zero-order chi connectivity index (χ0) is 24.4. The summed E-state index contributed by atoms with van der Waals surface area (Å²) in [6.07, 6.45) is 2.26. The van der Waals surface area contributed by atoms with Gasteiger partial charge in [0.25, 0.3) is 0 Å². The topological polar surface area (TPSA) is 144 Å². The van der Waals surface area contributed by atoms with Crippen LogP contribution >= 0.6 is 0 Å². The van der Waals surface area contributed by atoms with Crippen LogP contribution in [0.1, 0.15) is 46.5 Å². The van der Waals surface area contributed by atoms with Gasteiger partial charge in [0.2, 0.25) is 5.82 Å². The largest absolute Gasteiger partial charge is 0.496 e. The Morgan fingerprint density at radius 3 is 2.71 bits per heavy atom. The van der Waals surface area contributed by atoms with E-state index < -0.39 is 5.97 Å². The molecule has 6 rings (SSSR count). The Morgan fingerprint density at radius 1 is 1.26 bits per heavy atom. The molecule has 0 radical (unpaired) electrons. The van der Waals surface area contributed by atoms with Crippen molar-refractivity contribution in [3.63, 3.8) is 0 Å². The van der Waals surface area contributed by atoms with E-state index in [2.05, 4.69) is 30.5 Å². The summed E-state index contributed by atoms with van der Waals surface area (Å²) in [5, 5.41) is 23.0. The lowest BCUT2D eigenvalue weighted by Crippen LogP contribution is -2.08.